The van der Waals surface area contributed by atoms with Gasteiger partial charge in [-0.3, -0.25) is 0 Å². The van der Waals surface area contributed by atoms with E-state index in [4.69, 9.17) is 4.74 Å². The number of hydrogen-bond acceptors (Lipinski definition) is 7. The van der Waals surface area contributed by atoms with Crippen LogP contribution in [-0.2, 0) is 4.74 Å². The Bertz CT molecular complexity index is 1000. The third kappa shape index (κ3) is 4.87. The molecule has 1 heterocycles. The summed E-state index contributed by atoms with van der Waals surface area (Å²) in [7, 11) is 0. The predicted molar refractivity (Wildman–Crippen MR) is 114 cm³/mol. The van der Waals surface area contributed by atoms with E-state index in [0.29, 0.717) is 29.6 Å². The fourth-order valence-corrected chi connectivity index (χ4v) is 2.99. The van der Waals surface area contributed by atoms with Crippen molar-refractivity contribution in [3.05, 3.63) is 65.4 Å². The molecule has 7 nitrogen and oxygen atoms in total. The van der Waals surface area contributed by atoms with Crippen LogP contribution in [0.2, 0.25) is 0 Å². The first-order chi connectivity index (χ1) is 14.0. The molecule has 0 amide bonds. The van der Waals surface area contributed by atoms with Gasteiger partial charge in [0.2, 0.25) is 5.95 Å². The van der Waals surface area contributed by atoms with E-state index in [1.165, 1.54) is 5.56 Å². The third-order valence-corrected chi connectivity index (χ3v) is 4.41. The molecule has 7 heteroatoms. The van der Waals surface area contributed by atoms with Crippen molar-refractivity contribution in [2.75, 3.05) is 17.2 Å². The summed E-state index contributed by atoms with van der Waals surface area (Å²) in [6.45, 7) is 8.43. The van der Waals surface area contributed by atoms with Crippen LogP contribution in [0, 0.1) is 6.92 Å². The fourth-order valence-electron chi connectivity index (χ4n) is 2.99. The van der Waals surface area contributed by atoms with Gasteiger partial charge < -0.3 is 15.4 Å². The van der Waals surface area contributed by atoms with Gasteiger partial charge in [0.25, 0.3) is 0 Å². The minimum absolute atomic E-state index is 0.284. The quantitative estimate of drug-likeness (QED) is 0.550. The average Bonchev–Trinajstić information content (AvgIpc) is 2.70. The van der Waals surface area contributed by atoms with Gasteiger partial charge in [-0.1, -0.05) is 44.2 Å². The lowest BCUT2D eigenvalue weighted by atomic mass is 9.98. The first-order valence-electron chi connectivity index (χ1n) is 9.59. The molecule has 0 aliphatic heterocycles. The summed E-state index contributed by atoms with van der Waals surface area (Å²) in [6, 6.07) is 13.3. The van der Waals surface area contributed by atoms with E-state index in [0.717, 1.165) is 11.3 Å². The van der Waals surface area contributed by atoms with Gasteiger partial charge >= 0.3 is 5.97 Å². The van der Waals surface area contributed by atoms with Crippen molar-refractivity contribution in [3.8, 4) is 0 Å². The number of ether oxygens (including phenoxy) is 1. The van der Waals surface area contributed by atoms with E-state index in [2.05, 4.69) is 58.7 Å². The number of rotatable bonds is 7. The summed E-state index contributed by atoms with van der Waals surface area (Å²) in [5.41, 5.74) is 4.31. The van der Waals surface area contributed by atoms with Crippen LogP contribution in [0.5, 0.6) is 0 Å². The van der Waals surface area contributed by atoms with E-state index in [9.17, 15) is 4.79 Å². The van der Waals surface area contributed by atoms with Gasteiger partial charge in [-0.05, 0) is 43.0 Å². The molecule has 0 saturated heterocycles. The lowest BCUT2D eigenvalue weighted by Crippen LogP contribution is -2.10. The molecule has 0 aliphatic rings. The van der Waals surface area contributed by atoms with Gasteiger partial charge in [-0.15, -0.1) is 5.10 Å². The summed E-state index contributed by atoms with van der Waals surface area (Å²) < 4.78 is 5.11. The molecule has 150 valence electrons. The number of nitrogens with one attached hydrogen (secondary N) is 2. The number of esters is 1. The van der Waals surface area contributed by atoms with Gasteiger partial charge in [-0.25, -0.2) is 4.79 Å². The molecular formula is C22H25N5O2. The Kier molecular flexibility index (Phi) is 6.39. The largest absolute Gasteiger partial charge is 0.462 e. The zero-order chi connectivity index (χ0) is 20.8. The third-order valence-electron chi connectivity index (χ3n) is 4.41. The smallest absolute Gasteiger partial charge is 0.340 e. The van der Waals surface area contributed by atoms with Crippen LogP contribution in [-0.4, -0.2) is 27.8 Å². The van der Waals surface area contributed by atoms with E-state index >= 15 is 0 Å². The second-order valence-electron chi connectivity index (χ2n) is 6.88. The maximum absolute atomic E-state index is 12.2. The highest BCUT2D eigenvalue weighted by Gasteiger charge is 2.14. The van der Waals surface area contributed by atoms with Crippen LogP contribution in [0.1, 0.15) is 48.2 Å². The highest BCUT2D eigenvalue weighted by molar-refractivity contribution is 5.96. The SMILES string of the molecule is CCOC(=O)c1ccccc1Nc1nncc(Nc2c(C)cccc2C(C)C)n1. The lowest BCUT2D eigenvalue weighted by molar-refractivity contribution is 0.0527. The number of carbonyl (C=O) groups excluding carboxylic acids is 1. The first-order valence-corrected chi connectivity index (χ1v) is 9.59. The topological polar surface area (TPSA) is 89.0 Å². The van der Waals surface area contributed by atoms with Gasteiger partial charge in [0.1, 0.15) is 0 Å². The molecule has 3 rings (SSSR count). The second-order valence-corrected chi connectivity index (χ2v) is 6.88. The van der Waals surface area contributed by atoms with Gasteiger partial charge in [-0.2, -0.15) is 10.1 Å². The molecule has 1 aromatic heterocycles. The maximum Gasteiger partial charge on any atom is 0.340 e. The summed E-state index contributed by atoms with van der Waals surface area (Å²) in [5.74, 6) is 0.805. The molecule has 3 aromatic rings. The number of aryl methyl sites for hydroxylation is 1. The molecule has 0 fully saturated rings. The van der Waals surface area contributed by atoms with E-state index in [-0.39, 0.29) is 5.95 Å². The van der Waals surface area contributed by atoms with Crippen molar-refractivity contribution in [2.45, 2.75) is 33.6 Å². The molecule has 0 radical (unpaired) electrons. The van der Waals surface area contributed by atoms with Gasteiger partial charge in [0.15, 0.2) is 5.82 Å². The van der Waals surface area contributed by atoms with E-state index in [1.54, 1.807) is 31.3 Å². The Labute approximate surface area is 170 Å². The Morgan fingerprint density at radius 1 is 1.10 bits per heavy atom. The van der Waals surface area contributed by atoms with Crippen LogP contribution in [0.25, 0.3) is 0 Å². The lowest BCUT2D eigenvalue weighted by Gasteiger charge is -2.17. The van der Waals surface area contributed by atoms with Crippen LogP contribution in [0.15, 0.2) is 48.7 Å². The van der Waals surface area contributed by atoms with Crippen LogP contribution < -0.4 is 10.6 Å². The number of benzene rings is 2. The highest BCUT2D eigenvalue weighted by Crippen LogP contribution is 2.30. The van der Waals surface area contributed by atoms with Crippen molar-refractivity contribution < 1.29 is 9.53 Å². The Hall–Kier alpha value is -3.48. The molecule has 29 heavy (non-hydrogen) atoms. The number of para-hydroxylation sites is 2. The first kappa shape index (κ1) is 20.3. The number of hydrogen-bond donors (Lipinski definition) is 2. The Morgan fingerprint density at radius 3 is 2.66 bits per heavy atom. The fraction of sp³-hybridized carbons (Fsp3) is 0.273. The molecule has 0 bridgehead atoms. The molecule has 0 saturated carbocycles. The molecule has 2 N–H and O–H groups in total. The van der Waals surface area contributed by atoms with Crippen LogP contribution in [0.3, 0.4) is 0 Å². The minimum atomic E-state index is -0.403. The number of aromatic nitrogens is 3. The molecule has 2 aromatic carbocycles. The summed E-state index contributed by atoms with van der Waals surface area (Å²) in [5, 5.41) is 14.5. The molecule has 0 unspecified atom stereocenters. The maximum atomic E-state index is 12.2. The zero-order valence-electron chi connectivity index (χ0n) is 17.1. The number of carbonyl (C=O) groups is 1. The summed E-state index contributed by atoms with van der Waals surface area (Å²) in [4.78, 5) is 16.7. The van der Waals surface area contributed by atoms with E-state index < -0.39 is 5.97 Å². The van der Waals surface area contributed by atoms with Crippen molar-refractivity contribution >= 4 is 29.1 Å². The summed E-state index contributed by atoms with van der Waals surface area (Å²) >= 11 is 0. The normalized spacial score (nSPS) is 10.7. The Morgan fingerprint density at radius 2 is 1.90 bits per heavy atom. The van der Waals surface area contributed by atoms with Gasteiger partial charge in [0.05, 0.1) is 24.1 Å². The number of anilines is 4. The molecule has 0 aliphatic carbocycles. The molecule has 0 atom stereocenters. The second kappa shape index (κ2) is 9.14. The monoisotopic (exact) mass is 391 g/mol. The number of nitrogens with zero attached hydrogens (tertiary/aromatic N) is 3. The molecule has 0 spiro atoms. The van der Waals surface area contributed by atoms with E-state index in [1.807, 2.05) is 12.1 Å². The zero-order valence-corrected chi connectivity index (χ0v) is 17.1. The minimum Gasteiger partial charge on any atom is -0.462 e. The van der Waals surface area contributed by atoms with Crippen molar-refractivity contribution in [3.63, 3.8) is 0 Å². The standard InChI is InChI=1S/C22H25N5O2/c1-5-29-21(28)17-10-6-7-12-18(17)24-22-26-19(13-23-27-22)25-20-15(4)9-8-11-16(20)14(2)3/h6-14H,5H2,1-4H3,(H2,24,25,26,27). The highest BCUT2D eigenvalue weighted by atomic mass is 16.5. The van der Waals surface area contributed by atoms with Crippen molar-refractivity contribution in [2.24, 2.45) is 0 Å². The van der Waals surface area contributed by atoms with Crippen LogP contribution >= 0.6 is 0 Å². The van der Waals surface area contributed by atoms with Gasteiger partial charge in [0, 0.05) is 5.69 Å². The predicted octanol–water partition coefficient (Wildman–Crippen LogP) is 4.97. The Balaban J connectivity index is 1.87. The van der Waals surface area contributed by atoms with Crippen molar-refractivity contribution in [1.82, 2.24) is 15.2 Å². The van der Waals surface area contributed by atoms with Crippen molar-refractivity contribution in [1.29, 1.82) is 0 Å². The van der Waals surface area contributed by atoms with Crippen LogP contribution in [0.4, 0.5) is 23.1 Å². The molecular weight excluding hydrogens is 366 g/mol. The summed E-state index contributed by atoms with van der Waals surface area (Å²) in [6.07, 6.45) is 1.57. The average molecular weight is 391 g/mol.